The molecule has 4 aromatic rings. The number of hydrogen-bond acceptors (Lipinski definition) is 5. The number of ether oxygens (including phenoxy) is 1. The van der Waals surface area contributed by atoms with Crippen molar-refractivity contribution in [2.45, 2.75) is 20.4 Å². The topological polar surface area (TPSA) is 63.9 Å². The average Bonchev–Trinajstić information content (AvgIpc) is 3.37. The summed E-state index contributed by atoms with van der Waals surface area (Å²) in [6, 6.07) is 21.4. The summed E-state index contributed by atoms with van der Waals surface area (Å²) in [5, 5.41) is 1.63. The highest BCUT2D eigenvalue weighted by Gasteiger charge is 2.32. The van der Waals surface area contributed by atoms with E-state index in [-0.39, 0.29) is 11.7 Å². The summed E-state index contributed by atoms with van der Waals surface area (Å²) >= 11 is 1.33. The van der Waals surface area contributed by atoms with E-state index in [9.17, 15) is 14.0 Å². The van der Waals surface area contributed by atoms with E-state index < -0.39 is 5.97 Å². The standard InChI is InChI=1S/C30H26FN3O3S/c1-4-33-28(35)27(38-30(33)32-23-15-11-21(12-16-23)29(36)37-3)17-25-19(2)34(26-8-6-5-7-24(25)26)18-20-9-13-22(31)14-10-20/h5-17H,4,18H2,1-3H3/b27-17+,32-30?. The van der Waals surface area contributed by atoms with Crippen LogP contribution in [0.25, 0.3) is 17.0 Å². The van der Waals surface area contributed by atoms with Crippen LogP contribution >= 0.6 is 11.8 Å². The molecule has 8 heteroatoms. The zero-order valence-corrected chi connectivity index (χ0v) is 22.1. The zero-order valence-electron chi connectivity index (χ0n) is 21.3. The molecule has 0 N–H and O–H groups in total. The maximum Gasteiger partial charge on any atom is 0.337 e. The number of aromatic nitrogens is 1. The Kier molecular flexibility index (Phi) is 7.15. The first-order valence-electron chi connectivity index (χ1n) is 12.2. The number of aliphatic imine (C=N–C) groups is 1. The number of nitrogens with zero attached hydrogens (tertiary/aromatic N) is 3. The molecule has 0 atom stereocenters. The molecular weight excluding hydrogens is 501 g/mol. The van der Waals surface area contributed by atoms with E-state index in [1.54, 1.807) is 41.3 Å². The third kappa shape index (κ3) is 4.87. The first-order valence-corrected chi connectivity index (χ1v) is 13.0. The van der Waals surface area contributed by atoms with Crippen LogP contribution in [-0.2, 0) is 16.1 Å². The van der Waals surface area contributed by atoms with Gasteiger partial charge in [-0.2, -0.15) is 0 Å². The Balaban J connectivity index is 1.51. The molecule has 0 bridgehead atoms. The number of rotatable bonds is 6. The Morgan fingerprint density at radius 2 is 1.76 bits per heavy atom. The maximum absolute atomic E-state index is 13.4. The highest BCUT2D eigenvalue weighted by Crippen LogP contribution is 2.37. The Morgan fingerprint density at radius 3 is 2.45 bits per heavy atom. The van der Waals surface area contributed by atoms with Crippen molar-refractivity contribution in [2.24, 2.45) is 4.99 Å². The predicted octanol–water partition coefficient (Wildman–Crippen LogP) is 6.55. The summed E-state index contributed by atoms with van der Waals surface area (Å²) in [6.45, 7) is 5.02. The smallest absolute Gasteiger partial charge is 0.337 e. The summed E-state index contributed by atoms with van der Waals surface area (Å²) in [6.07, 6.45) is 1.94. The number of esters is 1. The SMILES string of the molecule is CCN1C(=O)/C(=C\c2c(C)n(Cc3ccc(F)cc3)c3ccccc23)SC1=Nc1ccc(C(=O)OC)cc1. The van der Waals surface area contributed by atoms with Crippen molar-refractivity contribution >= 4 is 51.5 Å². The summed E-state index contributed by atoms with van der Waals surface area (Å²) in [5.41, 5.74) is 5.10. The van der Waals surface area contributed by atoms with Crippen LogP contribution in [-0.4, -0.2) is 40.2 Å². The van der Waals surface area contributed by atoms with E-state index in [0.29, 0.717) is 34.4 Å². The monoisotopic (exact) mass is 527 g/mol. The summed E-state index contributed by atoms with van der Waals surface area (Å²) in [7, 11) is 1.34. The van der Waals surface area contributed by atoms with Crippen molar-refractivity contribution < 1.29 is 18.7 Å². The molecule has 1 aliphatic rings. The molecule has 0 saturated carbocycles. The van der Waals surface area contributed by atoms with Crippen molar-refractivity contribution in [3.8, 4) is 0 Å². The Hall–Kier alpha value is -4.17. The van der Waals surface area contributed by atoms with Gasteiger partial charge in [-0.15, -0.1) is 0 Å². The fraction of sp³-hybridized carbons (Fsp3) is 0.167. The number of hydrogen-bond donors (Lipinski definition) is 0. The van der Waals surface area contributed by atoms with Crippen LogP contribution in [0.2, 0.25) is 0 Å². The molecule has 0 unspecified atom stereocenters. The molecule has 2 heterocycles. The molecule has 38 heavy (non-hydrogen) atoms. The lowest BCUT2D eigenvalue weighted by atomic mass is 10.1. The van der Waals surface area contributed by atoms with E-state index in [1.165, 1.54) is 31.0 Å². The van der Waals surface area contributed by atoms with Crippen LogP contribution < -0.4 is 0 Å². The molecule has 5 rings (SSSR count). The zero-order chi connectivity index (χ0) is 26.8. The van der Waals surface area contributed by atoms with Crippen molar-refractivity contribution in [1.82, 2.24) is 9.47 Å². The Labute approximate surface area is 224 Å². The van der Waals surface area contributed by atoms with Gasteiger partial charge in [0.25, 0.3) is 5.91 Å². The van der Waals surface area contributed by atoms with Gasteiger partial charge in [0.05, 0.1) is 23.3 Å². The second kappa shape index (κ2) is 10.7. The van der Waals surface area contributed by atoms with Gasteiger partial charge in [0.15, 0.2) is 5.17 Å². The number of fused-ring (bicyclic) bond motifs is 1. The van der Waals surface area contributed by atoms with Crippen LogP contribution in [0, 0.1) is 12.7 Å². The van der Waals surface area contributed by atoms with E-state index >= 15 is 0 Å². The van der Waals surface area contributed by atoms with E-state index in [0.717, 1.165) is 27.7 Å². The molecule has 3 aromatic carbocycles. The number of thioether (sulfide) groups is 1. The fourth-order valence-corrected chi connectivity index (χ4v) is 5.56. The van der Waals surface area contributed by atoms with Gasteiger partial charge in [0.2, 0.25) is 0 Å². The van der Waals surface area contributed by atoms with Crippen LogP contribution in [0.15, 0.2) is 82.7 Å². The second-order valence-corrected chi connectivity index (χ2v) is 9.83. The van der Waals surface area contributed by atoms with Crippen molar-refractivity contribution in [3.05, 3.63) is 106 Å². The average molecular weight is 528 g/mol. The van der Waals surface area contributed by atoms with Gasteiger partial charge in [-0.3, -0.25) is 9.69 Å². The second-order valence-electron chi connectivity index (χ2n) is 8.82. The largest absolute Gasteiger partial charge is 0.465 e. The molecule has 1 amide bonds. The number of amides is 1. The molecule has 0 radical (unpaired) electrons. The maximum atomic E-state index is 13.4. The van der Waals surface area contributed by atoms with Crippen molar-refractivity contribution in [3.63, 3.8) is 0 Å². The molecule has 0 spiro atoms. The molecule has 1 saturated heterocycles. The van der Waals surface area contributed by atoms with Gasteiger partial charge in [-0.25, -0.2) is 14.2 Å². The van der Waals surface area contributed by atoms with E-state index in [4.69, 9.17) is 4.74 Å². The number of para-hydroxylation sites is 1. The minimum absolute atomic E-state index is 0.0998. The molecule has 1 fully saturated rings. The number of carbonyl (C=O) groups is 2. The molecule has 0 aliphatic carbocycles. The first-order chi connectivity index (χ1) is 18.4. The van der Waals surface area contributed by atoms with Gasteiger partial charge in [-0.05, 0) is 79.7 Å². The molecule has 1 aromatic heterocycles. The van der Waals surface area contributed by atoms with Crippen LogP contribution in [0.3, 0.4) is 0 Å². The van der Waals surface area contributed by atoms with Crippen molar-refractivity contribution in [2.75, 3.05) is 13.7 Å². The number of carbonyl (C=O) groups excluding carboxylic acids is 2. The molecular formula is C30H26FN3O3S. The summed E-state index contributed by atoms with van der Waals surface area (Å²) in [4.78, 5) is 32.0. The molecule has 1 aliphatic heterocycles. The lowest BCUT2D eigenvalue weighted by Gasteiger charge is -2.12. The normalized spacial score (nSPS) is 15.7. The Bertz CT molecular complexity index is 1590. The highest BCUT2D eigenvalue weighted by atomic mass is 32.2. The number of benzene rings is 3. The minimum Gasteiger partial charge on any atom is -0.465 e. The van der Waals surface area contributed by atoms with E-state index in [1.807, 2.05) is 32.1 Å². The minimum atomic E-state index is -0.413. The third-order valence-corrected chi connectivity index (χ3v) is 7.53. The lowest BCUT2D eigenvalue weighted by molar-refractivity contribution is -0.122. The highest BCUT2D eigenvalue weighted by molar-refractivity contribution is 8.18. The predicted molar refractivity (Wildman–Crippen MR) is 150 cm³/mol. The number of amidine groups is 1. The van der Waals surface area contributed by atoms with Gasteiger partial charge in [-0.1, -0.05) is 30.3 Å². The van der Waals surface area contributed by atoms with E-state index in [2.05, 4.69) is 21.7 Å². The quantitative estimate of drug-likeness (QED) is 0.211. The lowest BCUT2D eigenvalue weighted by Crippen LogP contribution is -2.28. The summed E-state index contributed by atoms with van der Waals surface area (Å²) in [5.74, 6) is -0.774. The van der Waals surface area contributed by atoms with Crippen LogP contribution in [0.1, 0.15) is 34.1 Å². The number of likely N-dealkylation sites (N-methyl/N-ethyl adjacent to an activating group) is 1. The van der Waals surface area contributed by atoms with Crippen LogP contribution in [0.4, 0.5) is 10.1 Å². The van der Waals surface area contributed by atoms with Crippen LogP contribution in [0.5, 0.6) is 0 Å². The van der Waals surface area contributed by atoms with Crippen molar-refractivity contribution in [1.29, 1.82) is 0 Å². The first kappa shape index (κ1) is 25.5. The Morgan fingerprint density at radius 1 is 1.05 bits per heavy atom. The fourth-order valence-electron chi connectivity index (χ4n) is 4.52. The summed E-state index contributed by atoms with van der Waals surface area (Å²) < 4.78 is 20.4. The van der Waals surface area contributed by atoms with Gasteiger partial charge >= 0.3 is 5.97 Å². The molecule has 192 valence electrons. The third-order valence-electron chi connectivity index (χ3n) is 6.53. The van der Waals surface area contributed by atoms with Gasteiger partial charge in [0, 0.05) is 35.2 Å². The van der Waals surface area contributed by atoms with Gasteiger partial charge in [0.1, 0.15) is 5.82 Å². The number of methoxy groups -OCH3 is 1. The molecule has 6 nitrogen and oxygen atoms in total. The number of halogens is 1. The van der Waals surface area contributed by atoms with Gasteiger partial charge < -0.3 is 9.30 Å².